The Morgan fingerprint density at radius 1 is 1.48 bits per heavy atom. The molecule has 1 atom stereocenters. The van der Waals surface area contributed by atoms with Crippen molar-refractivity contribution in [1.29, 1.82) is 0 Å². The van der Waals surface area contributed by atoms with E-state index in [-0.39, 0.29) is 10.6 Å². The highest BCUT2D eigenvalue weighted by Crippen LogP contribution is 2.36. The molecule has 0 radical (unpaired) electrons. The lowest BCUT2D eigenvalue weighted by Crippen LogP contribution is -2.42. The molecule has 2 rings (SSSR count). The molecule has 1 unspecified atom stereocenters. The standard InChI is InChI=1S/C14H25N5O2/c1-4-18-14(13(19(20)21)11(2)16-18)17-10-6-5-7-12(17)8-9-15-3/h12,15H,4-10H2,1-3H3. The smallest absolute Gasteiger partial charge is 0.333 e. The lowest BCUT2D eigenvalue weighted by Gasteiger charge is -2.37. The minimum Gasteiger partial charge on any atom is -0.348 e. The van der Waals surface area contributed by atoms with Gasteiger partial charge in [-0.2, -0.15) is 5.10 Å². The molecular weight excluding hydrogens is 270 g/mol. The fourth-order valence-corrected chi connectivity index (χ4v) is 3.17. The molecule has 1 saturated heterocycles. The zero-order chi connectivity index (χ0) is 15.4. The van der Waals surface area contributed by atoms with E-state index in [9.17, 15) is 10.1 Å². The highest BCUT2D eigenvalue weighted by atomic mass is 16.6. The van der Waals surface area contributed by atoms with E-state index in [1.807, 2.05) is 14.0 Å². The van der Waals surface area contributed by atoms with Gasteiger partial charge in [0.25, 0.3) is 0 Å². The van der Waals surface area contributed by atoms with Crippen molar-refractivity contribution in [3.05, 3.63) is 15.8 Å². The molecule has 1 aliphatic heterocycles. The summed E-state index contributed by atoms with van der Waals surface area (Å²) in [5, 5.41) is 19.0. The number of anilines is 1. The maximum atomic E-state index is 11.4. The predicted molar refractivity (Wildman–Crippen MR) is 82.8 cm³/mol. The first-order chi connectivity index (χ1) is 10.1. The predicted octanol–water partition coefficient (Wildman–Crippen LogP) is 2.09. The fourth-order valence-electron chi connectivity index (χ4n) is 3.17. The first kappa shape index (κ1) is 15.8. The summed E-state index contributed by atoms with van der Waals surface area (Å²) in [6, 6.07) is 0.353. The van der Waals surface area contributed by atoms with Crippen LogP contribution < -0.4 is 10.2 Å². The largest absolute Gasteiger partial charge is 0.348 e. The van der Waals surface area contributed by atoms with E-state index in [0.29, 0.717) is 24.1 Å². The molecule has 1 aromatic heterocycles. The molecule has 21 heavy (non-hydrogen) atoms. The van der Waals surface area contributed by atoms with E-state index < -0.39 is 0 Å². The summed E-state index contributed by atoms with van der Waals surface area (Å²) < 4.78 is 1.78. The van der Waals surface area contributed by atoms with Crippen LogP contribution in [0.5, 0.6) is 0 Å². The molecule has 1 fully saturated rings. The molecule has 7 heteroatoms. The number of aromatic nitrogens is 2. The van der Waals surface area contributed by atoms with Gasteiger partial charge in [0, 0.05) is 19.1 Å². The van der Waals surface area contributed by atoms with E-state index in [0.717, 1.165) is 32.4 Å². The fraction of sp³-hybridized carbons (Fsp3) is 0.786. The topological polar surface area (TPSA) is 76.2 Å². The summed E-state index contributed by atoms with van der Waals surface area (Å²) in [6.07, 6.45) is 4.37. The molecule has 1 aliphatic rings. The van der Waals surface area contributed by atoms with Gasteiger partial charge >= 0.3 is 5.69 Å². The van der Waals surface area contributed by atoms with Crippen LogP contribution in [0.4, 0.5) is 11.5 Å². The minimum atomic E-state index is -0.284. The summed E-state index contributed by atoms with van der Waals surface area (Å²) in [6.45, 7) is 6.15. The number of piperidine rings is 1. The van der Waals surface area contributed by atoms with Gasteiger partial charge in [0.15, 0.2) is 0 Å². The van der Waals surface area contributed by atoms with Gasteiger partial charge in [-0.05, 0) is 53.1 Å². The van der Waals surface area contributed by atoms with Crippen LogP contribution in [-0.4, -0.2) is 40.9 Å². The van der Waals surface area contributed by atoms with Crippen LogP contribution in [0.25, 0.3) is 0 Å². The van der Waals surface area contributed by atoms with Gasteiger partial charge in [-0.15, -0.1) is 0 Å². The van der Waals surface area contributed by atoms with Crippen LogP contribution in [0, 0.1) is 17.0 Å². The van der Waals surface area contributed by atoms with E-state index in [4.69, 9.17) is 0 Å². The van der Waals surface area contributed by atoms with Crippen molar-refractivity contribution in [2.45, 2.75) is 52.1 Å². The Kier molecular flexibility index (Phi) is 5.17. The van der Waals surface area contributed by atoms with E-state index >= 15 is 0 Å². The van der Waals surface area contributed by atoms with Gasteiger partial charge in [-0.25, -0.2) is 4.68 Å². The Morgan fingerprint density at radius 3 is 2.86 bits per heavy atom. The van der Waals surface area contributed by atoms with Crippen LogP contribution in [-0.2, 0) is 6.54 Å². The van der Waals surface area contributed by atoms with Gasteiger partial charge < -0.3 is 10.2 Å². The maximum Gasteiger partial charge on any atom is 0.333 e. The molecule has 0 spiro atoms. The molecule has 118 valence electrons. The number of hydrogen-bond acceptors (Lipinski definition) is 5. The third kappa shape index (κ3) is 3.18. The summed E-state index contributed by atoms with van der Waals surface area (Å²) in [5.74, 6) is 0.695. The number of aryl methyl sites for hydroxylation is 2. The van der Waals surface area contributed by atoms with Crippen molar-refractivity contribution >= 4 is 11.5 Å². The monoisotopic (exact) mass is 295 g/mol. The molecule has 0 aromatic carbocycles. The molecular formula is C14H25N5O2. The van der Waals surface area contributed by atoms with Crippen molar-refractivity contribution in [3.63, 3.8) is 0 Å². The van der Waals surface area contributed by atoms with Crippen LogP contribution in [0.15, 0.2) is 0 Å². The second kappa shape index (κ2) is 6.89. The summed E-state index contributed by atoms with van der Waals surface area (Å²) >= 11 is 0. The number of nitrogens with zero attached hydrogens (tertiary/aromatic N) is 4. The number of nitrogens with one attached hydrogen (secondary N) is 1. The molecule has 0 aliphatic carbocycles. The molecule has 0 amide bonds. The Morgan fingerprint density at radius 2 is 2.24 bits per heavy atom. The minimum absolute atomic E-state index is 0.174. The highest BCUT2D eigenvalue weighted by molar-refractivity contribution is 5.62. The van der Waals surface area contributed by atoms with Crippen molar-refractivity contribution in [1.82, 2.24) is 15.1 Å². The summed E-state index contributed by atoms with van der Waals surface area (Å²) in [5.41, 5.74) is 0.683. The van der Waals surface area contributed by atoms with Gasteiger partial charge in [-0.1, -0.05) is 0 Å². The van der Waals surface area contributed by atoms with Crippen LogP contribution >= 0.6 is 0 Å². The zero-order valence-electron chi connectivity index (χ0n) is 13.1. The maximum absolute atomic E-state index is 11.4. The Labute approximate surface area is 125 Å². The SMILES string of the molecule is CCn1nc(C)c([N+](=O)[O-])c1N1CCCCC1CCNC. The number of nitro groups is 1. The summed E-state index contributed by atoms with van der Waals surface area (Å²) in [4.78, 5) is 13.4. The second-order valence-corrected chi connectivity index (χ2v) is 5.57. The van der Waals surface area contributed by atoms with Crippen molar-refractivity contribution < 1.29 is 4.92 Å². The molecule has 7 nitrogen and oxygen atoms in total. The first-order valence-corrected chi connectivity index (χ1v) is 7.73. The van der Waals surface area contributed by atoms with Crippen LogP contribution in [0.2, 0.25) is 0 Å². The molecule has 0 saturated carbocycles. The number of hydrogen-bond donors (Lipinski definition) is 1. The van der Waals surface area contributed by atoms with E-state index in [1.165, 1.54) is 6.42 Å². The Hall–Kier alpha value is -1.63. The van der Waals surface area contributed by atoms with Gasteiger partial charge in [0.1, 0.15) is 5.69 Å². The Bertz CT molecular complexity index is 500. The Balaban J connectivity index is 2.39. The molecule has 0 bridgehead atoms. The van der Waals surface area contributed by atoms with Crippen LogP contribution in [0.3, 0.4) is 0 Å². The van der Waals surface area contributed by atoms with Gasteiger partial charge in [0.2, 0.25) is 5.82 Å². The van der Waals surface area contributed by atoms with Crippen molar-refractivity contribution in [3.8, 4) is 0 Å². The molecule has 1 N–H and O–H groups in total. The summed E-state index contributed by atoms with van der Waals surface area (Å²) in [7, 11) is 1.94. The van der Waals surface area contributed by atoms with Crippen LogP contribution in [0.1, 0.15) is 38.3 Å². The van der Waals surface area contributed by atoms with E-state index in [1.54, 1.807) is 11.6 Å². The van der Waals surface area contributed by atoms with E-state index in [2.05, 4.69) is 15.3 Å². The first-order valence-electron chi connectivity index (χ1n) is 7.73. The van der Waals surface area contributed by atoms with Crippen molar-refractivity contribution in [2.24, 2.45) is 0 Å². The highest BCUT2D eigenvalue weighted by Gasteiger charge is 2.33. The molecule has 2 heterocycles. The number of rotatable bonds is 6. The third-order valence-corrected chi connectivity index (χ3v) is 4.18. The third-order valence-electron chi connectivity index (χ3n) is 4.18. The normalized spacial score (nSPS) is 19.0. The average molecular weight is 295 g/mol. The second-order valence-electron chi connectivity index (χ2n) is 5.57. The molecule has 1 aromatic rings. The van der Waals surface area contributed by atoms with Gasteiger partial charge in [0.05, 0.1) is 4.92 Å². The zero-order valence-corrected chi connectivity index (χ0v) is 13.1. The lowest BCUT2D eigenvalue weighted by atomic mass is 9.99. The van der Waals surface area contributed by atoms with Gasteiger partial charge in [-0.3, -0.25) is 10.1 Å². The van der Waals surface area contributed by atoms with Crippen molar-refractivity contribution in [2.75, 3.05) is 25.0 Å². The average Bonchev–Trinajstić information content (AvgIpc) is 2.82. The quantitative estimate of drug-likeness (QED) is 0.642. The lowest BCUT2D eigenvalue weighted by molar-refractivity contribution is -0.384.